The quantitative estimate of drug-likeness (QED) is 0.898. The van der Waals surface area contributed by atoms with Crippen molar-refractivity contribution in [3.63, 3.8) is 0 Å². The maximum Gasteiger partial charge on any atom is 0.243 e. The molecule has 2 aromatic rings. The lowest BCUT2D eigenvalue weighted by molar-refractivity contribution is 0.451. The zero-order valence-electron chi connectivity index (χ0n) is 11.8. The molecule has 0 aliphatic heterocycles. The molecule has 1 aromatic carbocycles. The summed E-state index contributed by atoms with van der Waals surface area (Å²) in [6.07, 6.45) is 3.39. The fourth-order valence-corrected chi connectivity index (χ4v) is 3.34. The summed E-state index contributed by atoms with van der Waals surface area (Å²) in [5, 5.41) is 0.351. The van der Waals surface area contributed by atoms with Crippen LogP contribution in [0.25, 0.3) is 0 Å². The second kappa shape index (κ2) is 6.15. The highest BCUT2D eigenvalue weighted by atomic mass is 35.5. The Bertz CT molecular complexity index is 742. The molecule has 0 bridgehead atoms. The van der Waals surface area contributed by atoms with Gasteiger partial charge in [-0.05, 0) is 17.7 Å². The Morgan fingerprint density at radius 3 is 2.67 bits per heavy atom. The van der Waals surface area contributed by atoms with E-state index in [1.54, 1.807) is 23.0 Å². The summed E-state index contributed by atoms with van der Waals surface area (Å²) in [6, 6.07) is 4.57. The van der Waals surface area contributed by atoms with E-state index in [4.69, 9.17) is 17.3 Å². The minimum absolute atomic E-state index is 0.140. The van der Waals surface area contributed by atoms with Gasteiger partial charge in [-0.15, -0.1) is 0 Å². The van der Waals surface area contributed by atoms with E-state index < -0.39 is 10.0 Å². The van der Waals surface area contributed by atoms with Gasteiger partial charge in [-0.3, -0.25) is 0 Å². The van der Waals surface area contributed by atoms with Crippen LogP contribution in [0.3, 0.4) is 0 Å². The number of hydrogen-bond donors (Lipinski definition) is 1. The molecule has 0 aliphatic rings. The van der Waals surface area contributed by atoms with E-state index in [1.165, 1.54) is 23.5 Å². The van der Waals surface area contributed by atoms with E-state index >= 15 is 0 Å². The van der Waals surface area contributed by atoms with E-state index in [0.29, 0.717) is 16.4 Å². The first-order valence-electron chi connectivity index (χ1n) is 6.27. The third-order valence-electron chi connectivity index (χ3n) is 3.24. The van der Waals surface area contributed by atoms with Crippen LogP contribution in [0.1, 0.15) is 11.4 Å². The van der Waals surface area contributed by atoms with E-state index in [1.807, 2.05) is 7.05 Å². The Kier molecular flexibility index (Phi) is 4.67. The smallest absolute Gasteiger partial charge is 0.243 e. The molecule has 0 unspecified atom stereocenters. The summed E-state index contributed by atoms with van der Waals surface area (Å²) in [4.78, 5) is 4.26. The van der Waals surface area contributed by atoms with Crippen LogP contribution in [0, 0.1) is 0 Å². The summed E-state index contributed by atoms with van der Waals surface area (Å²) in [6.45, 7) is 0.449. The van der Waals surface area contributed by atoms with Crippen molar-refractivity contribution >= 4 is 21.6 Å². The molecule has 0 saturated carbocycles. The summed E-state index contributed by atoms with van der Waals surface area (Å²) in [5.74, 6) is 0.658. The van der Waals surface area contributed by atoms with Crippen LogP contribution >= 0.6 is 11.6 Å². The molecule has 0 amide bonds. The Morgan fingerprint density at radius 1 is 1.43 bits per heavy atom. The first-order valence-corrected chi connectivity index (χ1v) is 8.09. The highest BCUT2D eigenvalue weighted by molar-refractivity contribution is 7.89. The normalized spacial score (nSPS) is 12.0. The van der Waals surface area contributed by atoms with Crippen molar-refractivity contribution in [2.75, 3.05) is 7.05 Å². The standard InChI is InChI=1S/C13H17ClN4O2S/c1-17-6-5-16-13(17)9-18(2)21(19,20)11-4-3-10(8-15)12(14)7-11/h3-7H,8-9,15H2,1-2H3. The van der Waals surface area contributed by atoms with Gasteiger partial charge in [-0.1, -0.05) is 17.7 Å². The van der Waals surface area contributed by atoms with Crippen LogP contribution in [-0.2, 0) is 30.2 Å². The predicted molar refractivity (Wildman–Crippen MR) is 81.2 cm³/mol. The van der Waals surface area contributed by atoms with Crippen LogP contribution in [0.5, 0.6) is 0 Å². The lowest BCUT2D eigenvalue weighted by Gasteiger charge is -2.17. The first kappa shape index (κ1) is 16.0. The van der Waals surface area contributed by atoms with Crippen molar-refractivity contribution in [3.05, 3.63) is 47.0 Å². The number of rotatable bonds is 5. The third-order valence-corrected chi connectivity index (χ3v) is 5.39. The zero-order chi connectivity index (χ0) is 15.6. The van der Waals surface area contributed by atoms with Gasteiger partial charge < -0.3 is 10.3 Å². The fourth-order valence-electron chi connectivity index (χ4n) is 1.87. The second-order valence-electron chi connectivity index (χ2n) is 4.67. The van der Waals surface area contributed by atoms with Gasteiger partial charge in [0.15, 0.2) is 0 Å². The first-order chi connectivity index (χ1) is 9.86. The van der Waals surface area contributed by atoms with Crippen molar-refractivity contribution < 1.29 is 8.42 Å². The molecule has 21 heavy (non-hydrogen) atoms. The minimum atomic E-state index is -3.62. The average molecular weight is 329 g/mol. The topological polar surface area (TPSA) is 81.2 Å². The summed E-state index contributed by atoms with van der Waals surface area (Å²) < 4.78 is 28.1. The molecular formula is C13H17ClN4O2S. The van der Waals surface area contributed by atoms with E-state index in [-0.39, 0.29) is 18.0 Å². The third kappa shape index (κ3) is 3.26. The SMILES string of the molecule is CN(Cc1nccn1C)S(=O)(=O)c1ccc(CN)c(Cl)c1. The Hall–Kier alpha value is -1.41. The Morgan fingerprint density at radius 2 is 2.14 bits per heavy atom. The van der Waals surface area contributed by atoms with Crippen molar-refractivity contribution in [3.8, 4) is 0 Å². The lowest BCUT2D eigenvalue weighted by Crippen LogP contribution is -2.27. The molecule has 6 nitrogen and oxygen atoms in total. The van der Waals surface area contributed by atoms with Crippen LogP contribution in [-0.4, -0.2) is 29.3 Å². The highest BCUT2D eigenvalue weighted by Crippen LogP contribution is 2.23. The second-order valence-corrected chi connectivity index (χ2v) is 7.12. The molecule has 8 heteroatoms. The number of aromatic nitrogens is 2. The molecular weight excluding hydrogens is 312 g/mol. The number of nitrogens with two attached hydrogens (primary N) is 1. The summed E-state index contributed by atoms with van der Waals surface area (Å²) >= 11 is 6.03. The van der Waals surface area contributed by atoms with Gasteiger partial charge in [0.05, 0.1) is 11.4 Å². The molecule has 0 fully saturated rings. The van der Waals surface area contributed by atoms with Gasteiger partial charge in [-0.2, -0.15) is 4.31 Å². The molecule has 0 spiro atoms. The number of halogens is 1. The van der Waals surface area contributed by atoms with Crippen LogP contribution in [0.15, 0.2) is 35.5 Å². The molecule has 0 saturated heterocycles. The number of hydrogen-bond acceptors (Lipinski definition) is 4. The number of benzene rings is 1. The summed E-state index contributed by atoms with van der Waals surface area (Å²) in [7, 11) is -0.301. The molecule has 1 aromatic heterocycles. The molecule has 2 N–H and O–H groups in total. The van der Waals surface area contributed by atoms with Crippen molar-refractivity contribution in [1.82, 2.24) is 13.9 Å². The maximum absolute atomic E-state index is 12.5. The zero-order valence-corrected chi connectivity index (χ0v) is 13.4. The van der Waals surface area contributed by atoms with Crippen LogP contribution in [0.2, 0.25) is 5.02 Å². The molecule has 2 rings (SSSR count). The Balaban J connectivity index is 2.29. The van der Waals surface area contributed by atoms with Gasteiger partial charge >= 0.3 is 0 Å². The van der Waals surface area contributed by atoms with Crippen molar-refractivity contribution in [2.24, 2.45) is 12.8 Å². The maximum atomic E-state index is 12.5. The van der Waals surface area contributed by atoms with E-state index in [0.717, 1.165) is 0 Å². The summed E-state index contributed by atoms with van der Waals surface area (Å²) in [5.41, 5.74) is 6.23. The average Bonchev–Trinajstić information content (AvgIpc) is 2.84. The highest BCUT2D eigenvalue weighted by Gasteiger charge is 2.22. The lowest BCUT2D eigenvalue weighted by atomic mass is 10.2. The molecule has 114 valence electrons. The number of aryl methyl sites for hydroxylation is 1. The van der Waals surface area contributed by atoms with Crippen molar-refractivity contribution in [2.45, 2.75) is 18.0 Å². The van der Waals surface area contributed by atoms with E-state index in [9.17, 15) is 8.42 Å². The van der Waals surface area contributed by atoms with E-state index in [2.05, 4.69) is 4.98 Å². The largest absolute Gasteiger partial charge is 0.337 e. The van der Waals surface area contributed by atoms with Crippen LogP contribution < -0.4 is 5.73 Å². The number of sulfonamides is 1. The molecule has 0 radical (unpaired) electrons. The van der Waals surface area contributed by atoms with Gasteiger partial charge in [0.1, 0.15) is 5.82 Å². The van der Waals surface area contributed by atoms with Gasteiger partial charge in [0, 0.05) is 38.1 Å². The fraction of sp³-hybridized carbons (Fsp3) is 0.308. The van der Waals surface area contributed by atoms with Gasteiger partial charge in [-0.25, -0.2) is 13.4 Å². The molecule has 1 heterocycles. The number of imidazole rings is 1. The van der Waals surface area contributed by atoms with Crippen molar-refractivity contribution in [1.29, 1.82) is 0 Å². The van der Waals surface area contributed by atoms with Crippen LogP contribution in [0.4, 0.5) is 0 Å². The molecule has 0 aliphatic carbocycles. The Labute approximate surface area is 129 Å². The minimum Gasteiger partial charge on any atom is -0.337 e. The predicted octanol–water partition coefficient (Wildman–Crippen LogP) is 1.35. The van der Waals surface area contributed by atoms with Gasteiger partial charge in [0.2, 0.25) is 10.0 Å². The molecule has 0 atom stereocenters. The number of nitrogens with zero attached hydrogens (tertiary/aromatic N) is 3. The van der Waals surface area contributed by atoms with Gasteiger partial charge in [0.25, 0.3) is 0 Å². The monoisotopic (exact) mass is 328 g/mol.